The molecule has 88 valence electrons. The number of hydrogen-bond donors (Lipinski definition) is 2. The fraction of sp³-hybridized carbons (Fsp3) is 0.308. The van der Waals surface area contributed by atoms with Crippen molar-refractivity contribution in [3.05, 3.63) is 35.3 Å². The van der Waals surface area contributed by atoms with Gasteiger partial charge in [0.25, 0.3) is 0 Å². The van der Waals surface area contributed by atoms with Gasteiger partial charge in [0.1, 0.15) is 18.2 Å². The zero-order valence-corrected chi connectivity index (χ0v) is 9.66. The minimum Gasteiger partial charge on any atom is -0.497 e. The molecule has 17 heavy (non-hydrogen) atoms. The molecule has 0 radical (unpaired) electrons. The van der Waals surface area contributed by atoms with Gasteiger partial charge in [0, 0.05) is 11.3 Å². The molecule has 1 aromatic carbocycles. The number of hydrogen-bond acceptors (Lipinski definition) is 3. The average Bonchev–Trinajstić information content (AvgIpc) is 2.81. The predicted molar refractivity (Wildman–Crippen MR) is 63.9 cm³/mol. The van der Waals surface area contributed by atoms with E-state index in [2.05, 4.69) is 16.0 Å². The second kappa shape index (κ2) is 3.89. The van der Waals surface area contributed by atoms with E-state index in [-0.39, 0.29) is 6.61 Å². The van der Waals surface area contributed by atoms with Crippen molar-refractivity contribution in [3.8, 4) is 17.0 Å². The van der Waals surface area contributed by atoms with Crippen molar-refractivity contribution in [2.24, 2.45) is 0 Å². The van der Waals surface area contributed by atoms with Crippen LogP contribution in [0.15, 0.2) is 18.2 Å². The van der Waals surface area contributed by atoms with Gasteiger partial charge in [0.05, 0.1) is 12.8 Å². The molecule has 4 nitrogen and oxygen atoms in total. The van der Waals surface area contributed by atoms with Crippen molar-refractivity contribution in [2.45, 2.75) is 19.4 Å². The van der Waals surface area contributed by atoms with Crippen LogP contribution in [-0.4, -0.2) is 22.2 Å². The lowest BCUT2D eigenvalue weighted by atomic mass is 9.92. The van der Waals surface area contributed by atoms with Crippen molar-refractivity contribution in [1.29, 1.82) is 0 Å². The van der Waals surface area contributed by atoms with Gasteiger partial charge >= 0.3 is 0 Å². The Bertz CT molecular complexity index is 561. The van der Waals surface area contributed by atoms with Gasteiger partial charge in [-0.15, -0.1) is 0 Å². The highest BCUT2D eigenvalue weighted by Crippen LogP contribution is 2.33. The maximum atomic E-state index is 9.10. The Balaban J connectivity index is 2.12. The number of fused-ring (bicyclic) bond motifs is 3. The van der Waals surface area contributed by atoms with Crippen LogP contribution in [0.2, 0.25) is 0 Å². The lowest BCUT2D eigenvalue weighted by molar-refractivity contribution is 0.272. The summed E-state index contributed by atoms with van der Waals surface area (Å²) in [5, 5.41) is 9.10. The summed E-state index contributed by atoms with van der Waals surface area (Å²) in [5.41, 5.74) is 4.49. The lowest BCUT2D eigenvalue weighted by Crippen LogP contribution is -2.03. The first-order valence-corrected chi connectivity index (χ1v) is 5.67. The Morgan fingerprint density at radius 1 is 1.41 bits per heavy atom. The number of aliphatic hydroxyl groups excluding tert-OH is 1. The molecule has 0 unspecified atom stereocenters. The summed E-state index contributed by atoms with van der Waals surface area (Å²) in [6, 6.07) is 6.04. The monoisotopic (exact) mass is 230 g/mol. The Hall–Kier alpha value is -1.81. The fourth-order valence-corrected chi connectivity index (χ4v) is 2.34. The van der Waals surface area contributed by atoms with Crippen LogP contribution < -0.4 is 4.74 Å². The first-order valence-electron chi connectivity index (χ1n) is 5.67. The summed E-state index contributed by atoms with van der Waals surface area (Å²) >= 11 is 0. The topological polar surface area (TPSA) is 58.1 Å². The predicted octanol–water partition coefficient (Wildman–Crippen LogP) is 1.68. The normalized spacial score (nSPS) is 13.1. The lowest BCUT2D eigenvalue weighted by Gasteiger charge is -2.15. The molecule has 1 aliphatic rings. The van der Waals surface area contributed by atoms with E-state index in [1.165, 1.54) is 5.56 Å². The molecule has 2 N–H and O–H groups in total. The smallest absolute Gasteiger partial charge is 0.132 e. The van der Waals surface area contributed by atoms with Gasteiger partial charge in [-0.2, -0.15) is 0 Å². The molecule has 1 aliphatic carbocycles. The molecule has 0 amide bonds. The summed E-state index contributed by atoms with van der Waals surface area (Å²) < 4.78 is 5.23. The Labute approximate surface area is 99.3 Å². The minimum atomic E-state index is -0.0432. The fourth-order valence-electron chi connectivity index (χ4n) is 2.34. The molecule has 0 bridgehead atoms. The van der Waals surface area contributed by atoms with Gasteiger partial charge in [-0.25, -0.2) is 4.98 Å². The molecule has 0 atom stereocenters. The molecule has 1 aromatic heterocycles. The molecule has 1 heterocycles. The third-order valence-corrected chi connectivity index (χ3v) is 3.19. The van der Waals surface area contributed by atoms with Crippen LogP contribution in [0.3, 0.4) is 0 Å². The van der Waals surface area contributed by atoms with Gasteiger partial charge in [-0.3, -0.25) is 0 Å². The summed E-state index contributed by atoms with van der Waals surface area (Å²) in [7, 11) is 1.67. The third kappa shape index (κ3) is 1.61. The zero-order valence-electron chi connectivity index (χ0n) is 9.66. The number of methoxy groups -OCH3 is 1. The summed E-state index contributed by atoms with van der Waals surface area (Å²) in [6.45, 7) is -0.0432. The summed E-state index contributed by atoms with van der Waals surface area (Å²) in [5.74, 6) is 1.52. The van der Waals surface area contributed by atoms with E-state index in [0.717, 1.165) is 35.5 Å². The van der Waals surface area contributed by atoms with Gasteiger partial charge in [-0.1, -0.05) is 0 Å². The molecule has 0 aliphatic heterocycles. The first-order chi connectivity index (χ1) is 8.31. The number of benzene rings is 1. The van der Waals surface area contributed by atoms with E-state index in [1.54, 1.807) is 7.11 Å². The van der Waals surface area contributed by atoms with E-state index >= 15 is 0 Å². The van der Waals surface area contributed by atoms with Crippen molar-refractivity contribution in [1.82, 2.24) is 9.97 Å². The quantitative estimate of drug-likeness (QED) is 0.825. The van der Waals surface area contributed by atoms with Crippen LogP contribution in [0.25, 0.3) is 11.3 Å². The van der Waals surface area contributed by atoms with Crippen molar-refractivity contribution >= 4 is 0 Å². The van der Waals surface area contributed by atoms with E-state index in [9.17, 15) is 0 Å². The number of aromatic nitrogens is 2. The second-order valence-electron chi connectivity index (χ2n) is 4.19. The van der Waals surface area contributed by atoms with Crippen LogP contribution in [0, 0.1) is 0 Å². The van der Waals surface area contributed by atoms with Crippen molar-refractivity contribution in [3.63, 3.8) is 0 Å². The maximum Gasteiger partial charge on any atom is 0.132 e. The average molecular weight is 230 g/mol. The van der Waals surface area contributed by atoms with Crippen LogP contribution in [0.4, 0.5) is 0 Å². The van der Waals surface area contributed by atoms with E-state index in [0.29, 0.717) is 5.82 Å². The molecule has 3 rings (SSSR count). The Morgan fingerprint density at radius 2 is 2.29 bits per heavy atom. The van der Waals surface area contributed by atoms with Crippen LogP contribution in [-0.2, 0) is 19.4 Å². The standard InChI is InChI=1S/C13H14N2O2/c1-17-9-3-4-10-8(6-9)2-5-11-13(10)15-12(7-16)14-11/h3-4,6,16H,2,5,7H2,1H3,(H,14,15). The number of nitrogens with zero attached hydrogens (tertiary/aromatic N) is 1. The van der Waals surface area contributed by atoms with E-state index < -0.39 is 0 Å². The number of H-pyrrole nitrogens is 1. The van der Waals surface area contributed by atoms with Crippen LogP contribution in [0.5, 0.6) is 5.75 Å². The van der Waals surface area contributed by atoms with E-state index in [4.69, 9.17) is 9.84 Å². The molecule has 0 spiro atoms. The van der Waals surface area contributed by atoms with Crippen molar-refractivity contribution < 1.29 is 9.84 Å². The van der Waals surface area contributed by atoms with Gasteiger partial charge in [-0.05, 0) is 36.6 Å². The van der Waals surface area contributed by atoms with Crippen molar-refractivity contribution in [2.75, 3.05) is 7.11 Å². The van der Waals surface area contributed by atoms with Gasteiger partial charge < -0.3 is 14.8 Å². The second-order valence-corrected chi connectivity index (χ2v) is 4.19. The third-order valence-electron chi connectivity index (χ3n) is 3.19. The zero-order chi connectivity index (χ0) is 11.8. The Kier molecular flexibility index (Phi) is 2.37. The summed E-state index contributed by atoms with van der Waals surface area (Å²) in [4.78, 5) is 7.58. The number of aryl methyl sites for hydroxylation is 2. The number of nitrogens with one attached hydrogen (secondary N) is 1. The highest BCUT2D eigenvalue weighted by atomic mass is 16.5. The molecule has 0 fully saturated rings. The van der Waals surface area contributed by atoms with Crippen LogP contribution in [0.1, 0.15) is 17.1 Å². The highest BCUT2D eigenvalue weighted by Gasteiger charge is 2.20. The molecule has 4 heteroatoms. The number of ether oxygens (including phenoxy) is 1. The Morgan fingerprint density at radius 3 is 3.06 bits per heavy atom. The molecule has 0 saturated carbocycles. The number of rotatable bonds is 2. The number of imidazole rings is 1. The number of aliphatic hydroxyl groups is 1. The largest absolute Gasteiger partial charge is 0.497 e. The van der Waals surface area contributed by atoms with Crippen LogP contribution >= 0.6 is 0 Å². The van der Waals surface area contributed by atoms with Gasteiger partial charge in [0.2, 0.25) is 0 Å². The summed E-state index contributed by atoms with van der Waals surface area (Å²) in [6.07, 6.45) is 1.91. The highest BCUT2D eigenvalue weighted by molar-refractivity contribution is 5.69. The first kappa shape index (κ1) is 10.4. The SMILES string of the molecule is COc1ccc2c(c1)CCc1[nH]c(CO)nc1-2. The minimum absolute atomic E-state index is 0.0432. The molecular formula is C13H14N2O2. The molecule has 2 aromatic rings. The van der Waals surface area contributed by atoms with Gasteiger partial charge in [0.15, 0.2) is 0 Å². The number of aromatic amines is 1. The molecule has 0 saturated heterocycles. The molecular weight excluding hydrogens is 216 g/mol. The van der Waals surface area contributed by atoms with E-state index in [1.807, 2.05) is 12.1 Å². The maximum absolute atomic E-state index is 9.10.